The Balaban J connectivity index is 3.23. The standard InChI is InChI=1S/C14H19NO5S/c1-8(2)13(14(16)17)21-11-7-5-6-10(20-9(3)4)12(11)15(18)19/h5-9,13H,1-4H3,(H,16,17). The van der Waals surface area contributed by atoms with Gasteiger partial charge in [0, 0.05) is 0 Å². The van der Waals surface area contributed by atoms with Gasteiger partial charge >= 0.3 is 11.7 Å². The lowest BCUT2D eigenvalue weighted by atomic mass is 10.1. The first-order valence-electron chi connectivity index (χ1n) is 6.57. The van der Waals surface area contributed by atoms with Crippen molar-refractivity contribution in [1.82, 2.24) is 0 Å². The normalized spacial score (nSPS) is 12.5. The van der Waals surface area contributed by atoms with Gasteiger partial charge in [-0.2, -0.15) is 0 Å². The highest BCUT2D eigenvalue weighted by Crippen LogP contribution is 2.40. The predicted octanol–water partition coefficient (Wildman–Crippen LogP) is 3.58. The van der Waals surface area contributed by atoms with Gasteiger partial charge in [-0.15, -0.1) is 11.8 Å². The quantitative estimate of drug-likeness (QED) is 0.470. The van der Waals surface area contributed by atoms with Crippen molar-refractivity contribution in [1.29, 1.82) is 0 Å². The Morgan fingerprint density at radius 3 is 2.38 bits per heavy atom. The van der Waals surface area contributed by atoms with Crippen LogP contribution in [0.1, 0.15) is 27.7 Å². The van der Waals surface area contributed by atoms with Crippen molar-refractivity contribution in [2.24, 2.45) is 5.92 Å². The number of carbonyl (C=O) groups is 1. The molecule has 0 saturated carbocycles. The van der Waals surface area contributed by atoms with E-state index in [0.717, 1.165) is 11.8 Å². The van der Waals surface area contributed by atoms with Crippen LogP contribution in [-0.2, 0) is 4.79 Å². The van der Waals surface area contributed by atoms with Gasteiger partial charge in [0.2, 0.25) is 0 Å². The molecule has 0 fully saturated rings. The minimum absolute atomic E-state index is 0.151. The van der Waals surface area contributed by atoms with Crippen LogP contribution < -0.4 is 4.74 Å². The van der Waals surface area contributed by atoms with E-state index in [2.05, 4.69) is 0 Å². The maximum Gasteiger partial charge on any atom is 0.324 e. The molecule has 0 bridgehead atoms. The zero-order valence-corrected chi connectivity index (χ0v) is 13.2. The molecule has 7 heteroatoms. The van der Waals surface area contributed by atoms with Crippen molar-refractivity contribution < 1.29 is 19.6 Å². The van der Waals surface area contributed by atoms with E-state index in [0.29, 0.717) is 4.90 Å². The molecule has 0 amide bonds. The summed E-state index contributed by atoms with van der Waals surface area (Å²) < 4.78 is 5.45. The molecule has 6 nitrogen and oxygen atoms in total. The molecule has 1 atom stereocenters. The van der Waals surface area contributed by atoms with Crippen LogP contribution in [0.15, 0.2) is 23.1 Å². The first kappa shape index (κ1) is 17.3. The first-order chi connectivity index (χ1) is 9.73. The van der Waals surface area contributed by atoms with Gasteiger partial charge in [-0.05, 0) is 31.9 Å². The van der Waals surface area contributed by atoms with Gasteiger partial charge in [0.25, 0.3) is 0 Å². The minimum Gasteiger partial charge on any atom is -0.484 e. The second kappa shape index (κ2) is 7.31. The summed E-state index contributed by atoms with van der Waals surface area (Å²) in [5.41, 5.74) is -0.178. The van der Waals surface area contributed by atoms with Crippen LogP contribution in [0, 0.1) is 16.0 Å². The molecule has 1 rings (SSSR count). The molecule has 0 aromatic heterocycles. The summed E-state index contributed by atoms with van der Waals surface area (Å²) in [7, 11) is 0. The van der Waals surface area contributed by atoms with E-state index in [1.165, 1.54) is 6.07 Å². The smallest absolute Gasteiger partial charge is 0.324 e. The molecule has 0 radical (unpaired) electrons. The maximum absolute atomic E-state index is 11.3. The van der Waals surface area contributed by atoms with Crippen molar-refractivity contribution in [2.45, 2.75) is 43.9 Å². The highest BCUT2D eigenvalue weighted by Gasteiger charge is 2.29. The van der Waals surface area contributed by atoms with E-state index in [1.807, 2.05) is 0 Å². The number of nitro groups is 1. The number of aliphatic carboxylic acids is 1. The molecule has 0 spiro atoms. The van der Waals surface area contributed by atoms with Crippen molar-refractivity contribution >= 4 is 23.4 Å². The number of benzene rings is 1. The summed E-state index contributed by atoms with van der Waals surface area (Å²) in [5, 5.41) is 19.8. The minimum atomic E-state index is -0.987. The number of carboxylic acid groups (broad SMARTS) is 1. The molecule has 0 aliphatic rings. The van der Waals surface area contributed by atoms with Gasteiger partial charge in [-0.1, -0.05) is 19.9 Å². The molecule has 1 aromatic carbocycles. The van der Waals surface area contributed by atoms with Crippen LogP contribution in [0.2, 0.25) is 0 Å². The van der Waals surface area contributed by atoms with E-state index in [1.54, 1.807) is 39.8 Å². The third kappa shape index (κ3) is 4.63. The Morgan fingerprint density at radius 1 is 1.33 bits per heavy atom. The number of hydrogen-bond donors (Lipinski definition) is 1. The lowest BCUT2D eigenvalue weighted by molar-refractivity contribution is -0.388. The Morgan fingerprint density at radius 2 is 1.95 bits per heavy atom. The number of nitrogens with zero attached hydrogens (tertiary/aromatic N) is 1. The number of hydrogen-bond acceptors (Lipinski definition) is 5. The summed E-state index contributed by atoms with van der Waals surface area (Å²) in [6, 6.07) is 4.70. The molecule has 1 aromatic rings. The molecule has 116 valence electrons. The van der Waals surface area contributed by atoms with Crippen LogP contribution in [0.4, 0.5) is 5.69 Å². The summed E-state index contributed by atoms with van der Waals surface area (Å²) >= 11 is 0.980. The van der Waals surface area contributed by atoms with Gasteiger partial charge in [0.05, 0.1) is 15.9 Å². The fourth-order valence-electron chi connectivity index (χ4n) is 1.73. The van der Waals surface area contributed by atoms with Gasteiger partial charge in [-0.25, -0.2) is 0 Å². The molecule has 1 unspecified atom stereocenters. The average Bonchev–Trinajstić information content (AvgIpc) is 2.33. The van der Waals surface area contributed by atoms with Crippen LogP contribution >= 0.6 is 11.8 Å². The molecule has 0 aliphatic heterocycles. The molecular weight excluding hydrogens is 294 g/mol. The van der Waals surface area contributed by atoms with E-state index < -0.39 is 16.1 Å². The summed E-state index contributed by atoms with van der Waals surface area (Å²) in [6.45, 7) is 7.09. The van der Waals surface area contributed by atoms with Crippen molar-refractivity contribution in [2.75, 3.05) is 0 Å². The zero-order chi connectivity index (χ0) is 16.2. The van der Waals surface area contributed by atoms with Crippen molar-refractivity contribution in [3.8, 4) is 5.75 Å². The number of carboxylic acids is 1. The third-order valence-corrected chi connectivity index (χ3v) is 4.19. The fourth-order valence-corrected chi connectivity index (χ4v) is 2.83. The Labute approximate surface area is 127 Å². The topological polar surface area (TPSA) is 89.7 Å². The van der Waals surface area contributed by atoms with Gasteiger partial charge in [0.15, 0.2) is 5.75 Å². The lowest BCUT2D eigenvalue weighted by Gasteiger charge is -2.17. The third-order valence-electron chi connectivity index (χ3n) is 2.61. The molecule has 0 aliphatic carbocycles. The molecule has 1 N–H and O–H groups in total. The average molecular weight is 313 g/mol. The number of nitro benzene ring substituents is 1. The lowest BCUT2D eigenvalue weighted by Crippen LogP contribution is -2.22. The van der Waals surface area contributed by atoms with E-state index in [4.69, 9.17) is 4.74 Å². The fraction of sp³-hybridized carbons (Fsp3) is 0.500. The second-order valence-corrected chi connectivity index (χ2v) is 6.33. The van der Waals surface area contributed by atoms with Gasteiger partial charge in [0.1, 0.15) is 5.25 Å². The van der Waals surface area contributed by atoms with Crippen LogP contribution in [0.25, 0.3) is 0 Å². The second-order valence-electron chi connectivity index (χ2n) is 5.15. The molecule has 21 heavy (non-hydrogen) atoms. The van der Waals surface area contributed by atoms with E-state index in [-0.39, 0.29) is 23.5 Å². The van der Waals surface area contributed by atoms with Crippen molar-refractivity contribution in [3.05, 3.63) is 28.3 Å². The number of para-hydroxylation sites is 1. The Bertz CT molecular complexity index is 530. The van der Waals surface area contributed by atoms with Gasteiger partial charge < -0.3 is 9.84 Å². The van der Waals surface area contributed by atoms with Crippen LogP contribution in [0.3, 0.4) is 0 Å². The van der Waals surface area contributed by atoms with E-state index in [9.17, 15) is 20.0 Å². The van der Waals surface area contributed by atoms with Crippen LogP contribution in [0.5, 0.6) is 5.75 Å². The van der Waals surface area contributed by atoms with E-state index >= 15 is 0 Å². The first-order valence-corrected chi connectivity index (χ1v) is 7.45. The Hall–Kier alpha value is -1.76. The molecule has 0 heterocycles. The van der Waals surface area contributed by atoms with Gasteiger partial charge in [-0.3, -0.25) is 14.9 Å². The largest absolute Gasteiger partial charge is 0.484 e. The Kier molecular flexibility index (Phi) is 6.02. The zero-order valence-electron chi connectivity index (χ0n) is 12.4. The maximum atomic E-state index is 11.3. The number of rotatable bonds is 7. The number of ether oxygens (including phenoxy) is 1. The summed E-state index contributed by atoms with van der Waals surface area (Å²) in [5.74, 6) is -0.978. The highest BCUT2D eigenvalue weighted by molar-refractivity contribution is 8.00. The molecular formula is C14H19NO5S. The predicted molar refractivity (Wildman–Crippen MR) is 81.0 cm³/mol. The SMILES string of the molecule is CC(C)Oc1cccc(SC(C(=O)O)C(C)C)c1[N+](=O)[O-]. The number of thioether (sulfide) groups is 1. The monoisotopic (exact) mass is 313 g/mol. The van der Waals surface area contributed by atoms with Crippen LogP contribution in [-0.4, -0.2) is 27.4 Å². The van der Waals surface area contributed by atoms with Crippen molar-refractivity contribution in [3.63, 3.8) is 0 Å². The summed E-state index contributed by atoms with van der Waals surface area (Å²) in [6.07, 6.45) is -0.204. The summed E-state index contributed by atoms with van der Waals surface area (Å²) in [4.78, 5) is 22.4. The molecule has 0 saturated heterocycles. The highest BCUT2D eigenvalue weighted by atomic mass is 32.2.